The lowest BCUT2D eigenvalue weighted by molar-refractivity contribution is -0.153. The number of amides is 2. The molecule has 0 unspecified atom stereocenters. The summed E-state index contributed by atoms with van der Waals surface area (Å²) < 4.78 is 16.0. The number of imide groups is 1. The quantitative estimate of drug-likeness (QED) is 0.466. The molecule has 1 aliphatic rings. The Morgan fingerprint density at radius 3 is 2.03 bits per heavy atom. The van der Waals surface area contributed by atoms with Crippen molar-refractivity contribution in [3.63, 3.8) is 0 Å². The van der Waals surface area contributed by atoms with E-state index in [9.17, 15) is 24.0 Å². The topological polar surface area (TPSA) is 142 Å². The van der Waals surface area contributed by atoms with E-state index in [-0.39, 0.29) is 28.2 Å². The lowest BCUT2D eigenvalue weighted by Gasteiger charge is -2.28. The number of dihydropyridines is 1. The molecule has 0 saturated heterocycles. The van der Waals surface area contributed by atoms with Gasteiger partial charge in [-0.3, -0.25) is 19.7 Å². The van der Waals surface area contributed by atoms with Crippen LogP contribution >= 0.6 is 0 Å². The second kappa shape index (κ2) is 9.74. The normalized spacial score (nSPS) is 14.0. The molecular formula is C20H23N3O8. The van der Waals surface area contributed by atoms with Crippen molar-refractivity contribution < 1.29 is 38.2 Å². The largest absolute Gasteiger partial charge is 0.466 e. The maximum atomic E-state index is 12.8. The van der Waals surface area contributed by atoms with Gasteiger partial charge in [-0.1, -0.05) is 0 Å². The number of hydrogen-bond donors (Lipinski definition) is 2. The van der Waals surface area contributed by atoms with Gasteiger partial charge < -0.3 is 24.1 Å². The van der Waals surface area contributed by atoms with Gasteiger partial charge in [0.05, 0.1) is 25.4 Å². The number of methoxy groups -OCH3 is 2. The molecule has 11 nitrogen and oxygen atoms in total. The van der Waals surface area contributed by atoms with Crippen molar-refractivity contribution in [1.29, 1.82) is 0 Å². The number of allylic oxidation sites excluding steroid dienone is 2. The third kappa shape index (κ3) is 5.00. The highest BCUT2D eigenvalue weighted by molar-refractivity contribution is 6.07. The highest BCUT2D eigenvalue weighted by Crippen LogP contribution is 2.32. The molecule has 0 fully saturated rings. The van der Waals surface area contributed by atoms with E-state index < -0.39 is 42.2 Å². The molecule has 0 aromatic carbocycles. The Balaban J connectivity index is 2.20. The van der Waals surface area contributed by atoms with E-state index in [1.807, 2.05) is 0 Å². The maximum absolute atomic E-state index is 12.8. The zero-order valence-electron chi connectivity index (χ0n) is 17.7. The standard InChI is InChI=1S/C20H23N3O8/c1-10-14(18(26)29-4)16(15(11(2)21-10)19(27)30-5)20(28)31-9-13(24)22-17(25)12-7-6-8-23(12)3/h6-8,16,21H,9H2,1-5H3,(H,22,24,25). The number of nitrogens with zero attached hydrogens (tertiary/aromatic N) is 1. The number of ether oxygens (including phenoxy) is 3. The summed E-state index contributed by atoms with van der Waals surface area (Å²) in [7, 11) is 3.87. The average molecular weight is 433 g/mol. The highest BCUT2D eigenvalue weighted by Gasteiger charge is 2.42. The van der Waals surface area contributed by atoms with E-state index >= 15 is 0 Å². The summed E-state index contributed by atoms with van der Waals surface area (Å²) in [6.07, 6.45) is 1.63. The molecule has 2 N–H and O–H groups in total. The van der Waals surface area contributed by atoms with Crippen LogP contribution in [0.4, 0.5) is 0 Å². The van der Waals surface area contributed by atoms with Crippen molar-refractivity contribution in [2.45, 2.75) is 13.8 Å². The lowest BCUT2D eigenvalue weighted by Crippen LogP contribution is -2.40. The fraction of sp³-hybridized carbons (Fsp3) is 0.350. The Bertz CT molecular complexity index is 964. The molecule has 0 aliphatic carbocycles. The molecular weight excluding hydrogens is 410 g/mol. The Labute approximate surface area is 178 Å². The SMILES string of the molecule is COC(=O)C1=C(C)NC(C)=C(C(=O)OC)C1C(=O)OCC(=O)NC(=O)c1cccn1C. The molecule has 0 radical (unpaired) electrons. The first-order valence-electron chi connectivity index (χ1n) is 9.09. The predicted octanol–water partition coefficient (Wildman–Crippen LogP) is -0.0619. The van der Waals surface area contributed by atoms with Gasteiger partial charge in [-0.2, -0.15) is 0 Å². The average Bonchev–Trinajstić information content (AvgIpc) is 3.16. The molecule has 2 heterocycles. The summed E-state index contributed by atoms with van der Waals surface area (Å²) in [5.41, 5.74) is 0.485. The van der Waals surface area contributed by atoms with Crippen molar-refractivity contribution in [3.05, 3.63) is 46.6 Å². The van der Waals surface area contributed by atoms with Crippen LogP contribution in [0.3, 0.4) is 0 Å². The summed E-state index contributed by atoms with van der Waals surface area (Å²) in [6, 6.07) is 3.14. The summed E-state index contributed by atoms with van der Waals surface area (Å²) >= 11 is 0. The summed E-state index contributed by atoms with van der Waals surface area (Å²) in [6.45, 7) is 2.24. The zero-order chi connectivity index (χ0) is 23.3. The van der Waals surface area contributed by atoms with Crippen molar-refractivity contribution in [3.8, 4) is 0 Å². The summed E-state index contributed by atoms with van der Waals surface area (Å²) in [5.74, 6) is -5.80. The van der Waals surface area contributed by atoms with E-state index in [1.165, 1.54) is 24.5 Å². The van der Waals surface area contributed by atoms with Crippen LogP contribution < -0.4 is 10.6 Å². The van der Waals surface area contributed by atoms with Crippen molar-refractivity contribution in [1.82, 2.24) is 15.2 Å². The van der Waals surface area contributed by atoms with E-state index in [4.69, 9.17) is 14.2 Å². The molecule has 1 aliphatic heterocycles. The second-order valence-electron chi connectivity index (χ2n) is 6.61. The molecule has 0 saturated carbocycles. The third-order valence-electron chi connectivity index (χ3n) is 4.58. The van der Waals surface area contributed by atoms with Crippen molar-refractivity contribution in [2.75, 3.05) is 20.8 Å². The maximum Gasteiger partial charge on any atom is 0.336 e. The predicted molar refractivity (Wildman–Crippen MR) is 105 cm³/mol. The third-order valence-corrected chi connectivity index (χ3v) is 4.58. The Hall–Kier alpha value is -3.89. The molecule has 11 heteroatoms. The smallest absolute Gasteiger partial charge is 0.336 e. The van der Waals surface area contributed by atoms with E-state index in [0.717, 1.165) is 14.2 Å². The highest BCUT2D eigenvalue weighted by atomic mass is 16.5. The van der Waals surface area contributed by atoms with Gasteiger partial charge in [-0.25, -0.2) is 9.59 Å². The van der Waals surface area contributed by atoms with E-state index in [1.54, 1.807) is 19.3 Å². The molecule has 1 aromatic rings. The Morgan fingerprint density at radius 1 is 1.03 bits per heavy atom. The number of nitrogens with one attached hydrogen (secondary N) is 2. The lowest BCUT2D eigenvalue weighted by atomic mass is 9.85. The summed E-state index contributed by atoms with van der Waals surface area (Å²) in [5, 5.41) is 4.92. The fourth-order valence-electron chi connectivity index (χ4n) is 3.13. The van der Waals surface area contributed by atoms with Crippen molar-refractivity contribution in [2.24, 2.45) is 13.0 Å². The van der Waals surface area contributed by atoms with Crippen LogP contribution in [-0.4, -0.2) is 55.1 Å². The van der Waals surface area contributed by atoms with Gasteiger partial charge in [0, 0.05) is 24.6 Å². The van der Waals surface area contributed by atoms with Crippen LogP contribution in [0, 0.1) is 5.92 Å². The van der Waals surface area contributed by atoms with Gasteiger partial charge in [0.25, 0.3) is 11.8 Å². The minimum Gasteiger partial charge on any atom is -0.466 e. The van der Waals surface area contributed by atoms with Crippen LogP contribution in [0.15, 0.2) is 40.9 Å². The summed E-state index contributed by atoms with van der Waals surface area (Å²) in [4.78, 5) is 61.5. The van der Waals surface area contributed by atoms with Crippen LogP contribution in [0.1, 0.15) is 24.3 Å². The molecule has 2 amide bonds. The van der Waals surface area contributed by atoms with Gasteiger partial charge in [-0.05, 0) is 26.0 Å². The first kappa shape index (κ1) is 23.4. The number of carbonyl (C=O) groups excluding carboxylic acids is 5. The first-order chi connectivity index (χ1) is 14.6. The molecule has 0 bridgehead atoms. The monoisotopic (exact) mass is 433 g/mol. The van der Waals surface area contributed by atoms with Crippen molar-refractivity contribution >= 4 is 29.7 Å². The molecule has 0 spiro atoms. The van der Waals surface area contributed by atoms with Gasteiger partial charge in [0.2, 0.25) is 0 Å². The molecule has 0 atom stereocenters. The van der Waals surface area contributed by atoms with Gasteiger partial charge in [-0.15, -0.1) is 0 Å². The van der Waals surface area contributed by atoms with Crippen LogP contribution in [-0.2, 0) is 40.4 Å². The Kier molecular flexibility index (Phi) is 7.35. The number of esters is 3. The van der Waals surface area contributed by atoms with Crippen LogP contribution in [0.2, 0.25) is 0 Å². The van der Waals surface area contributed by atoms with Gasteiger partial charge >= 0.3 is 17.9 Å². The van der Waals surface area contributed by atoms with E-state index in [0.29, 0.717) is 0 Å². The fourth-order valence-corrected chi connectivity index (χ4v) is 3.13. The number of carbonyl (C=O) groups is 5. The number of rotatable bonds is 6. The van der Waals surface area contributed by atoms with Gasteiger partial charge in [0.1, 0.15) is 11.6 Å². The first-order valence-corrected chi connectivity index (χ1v) is 9.09. The molecule has 166 valence electrons. The number of aromatic nitrogens is 1. The zero-order valence-corrected chi connectivity index (χ0v) is 17.7. The van der Waals surface area contributed by atoms with Crippen LogP contribution in [0.25, 0.3) is 0 Å². The number of hydrogen-bond acceptors (Lipinski definition) is 9. The minimum absolute atomic E-state index is 0.154. The van der Waals surface area contributed by atoms with Gasteiger partial charge in [0.15, 0.2) is 6.61 Å². The minimum atomic E-state index is -1.47. The van der Waals surface area contributed by atoms with Crippen LogP contribution in [0.5, 0.6) is 0 Å². The molecule has 1 aromatic heterocycles. The number of aryl methyl sites for hydroxylation is 1. The Morgan fingerprint density at radius 2 is 1.58 bits per heavy atom. The molecule has 2 rings (SSSR count). The van der Waals surface area contributed by atoms with E-state index in [2.05, 4.69) is 10.6 Å². The second-order valence-corrected chi connectivity index (χ2v) is 6.61. The molecule has 31 heavy (non-hydrogen) atoms.